The predicted octanol–water partition coefficient (Wildman–Crippen LogP) is 4.96. The summed E-state index contributed by atoms with van der Waals surface area (Å²) in [6, 6.07) is 21.7. The Morgan fingerprint density at radius 1 is 0.947 bits per heavy atom. The average Bonchev–Trinajstić information content (AvgIpc) is 3.30. The van der Waals surface area contributed by atoms with Crippen molar-refractivity contribution in [1.82, 2.24) is 5.43 Å². The second-order valence-electron chi connectivity index (χ2n) is 8.67. The lowest BCUT2D eigenvalue weighted by atomic mass is 9.96. The van der Waals surface area contributed by atoms with Crippen LogP contribution in [0.5, 0.6) is 5.75 Å². The molecule has 5 rings (SSSR count). The zero-order valence-electron chi connectivity index (χ0n) is 20.2. The van der Waals surface area contributed by atoms with Crippen LogP contribution in [-0.4, -0.2) is 24.0 Å². The minimum atomic E-state index is -0.947. The lowest BCUT2D eigenvalue weighted by Gasteiger charge is -2.09. The van der Waals surface area contributed by atoms with E-state index in [0.29, 0.717) is 27.4 Å². The van der Waals surface area contributed by atoms with Gasteiger partial charge in [-0.25, -0.2) is 10.2 Å². The summed E-state index contributed by atoms with van der Waals surface area (Å²) in [7, 11) is 0. The second-order valence-corrected chi connectivity index (χ2v) is 9.77. The number of rotatable bonds is 5. The highest BCUT2D eigenvalue weighted by molar-refractivity contribution is 7.16. The lowest BCUT2D eigenvalue weighted by molar-refractivity contribution is -0.136. The molecule has 0 atom stereocenters. The van der Waals surface area contributed by atoms with E-state index >= 15 is 0 Å². The smallest absolute Gasteiger partial charge is 0.344 e. The zero-order valence-corrected chi connectivity index (χ0v) is 21.0. The quantitative estimate of drug-likeness (QED) is 0.126. The Morgan fingerprint density at radius 3 is 2.53 bits per heavy atom. The normalized spacial score (nSPS) is 12.5. The number of esters is 1. The first-order valence-electron chi connectivity index (χ1n) is 12.0. The molecule has 0 saturated carbocycles. The molecule has 0 bridgehead atoms. The van der Waals surface area contributed by atoms with Gasteiger partial charge >= 0.3 is 17.8 Å². The summed E-state index contributed by atoms with van der Waals surface area (Å²) < 4.78 is 5.52. The molecule has 0 radical (unpaired) electrons. The minimum Gasteiger partial charge on any atom is -0.423 e. The molecule has 0 saturated heterocycles. The number of benzene rings is 3. The van der Waals surface area contributed by atoms with Gasteiger partial charge in [0.25, 0.3) is 0 Å². The first-order chi connectivity index (χ1) is 18.5. The Morgan fingerprint density at radius 2 is 1.71 bits per heavy atom. The topological polar surface area (TPSA) is 121 Å². The molecule has 0 fully saturated rings. The van der Waals surface area contributed by atoms with E-state index in [2.05, 4.69) is 21.9 Å². The van der Waals surface area contributed by atoms with Gasteiger partial charge in [0.05, 0.1) is 17.3 Å². The number of hydrogen-bond donors (Lipinski definition) is 2. The monoisotopic (exact) mass is 522 g/mol. The average molecular weight is 523 g/mol. The van der Waals surface area contributed by atoms with Crippen LogP contribution in [0.25, 0.3) is 10.8 Å². The summed E-state index contributed by atoms with van der Waals surface area (Å²) >= 11 is 1.35. The number of nitrogens with one attached hydrogen (secondary N) is 2. The third kappa shape index (κ3) is 5.31. The number of nitriles is 1. The third-order valence-electron chi connectivity index (χ3n) is 6.20. The summed E-state index contributed by atoms with van der Waals surface area (Å²) in [5.41, 5.74) is 4.70. The maximum Gasteiger partial charge on any atom is 0.344 e. The summed E-state index contributed by atoms with van der Waals surface area (Å²) in [4.78, 5) is 38.3. The Labute approximate surface area is 222 Å². The van der Waals surface area contributed by atoms with Gasteiger partial charge in [-0.15, -0.1) is 11.3 Å². The predicted molar refractivity (Wildman–Crippen MR) is 145 cm³/mol. The summed E-state index contributed by atoms with van der Waals surface area (Å²) in [5, 5.41) is 18.0. The van der Waals surface area contributed by atoms with E-state index in [9.17, 15) is 19.6 Å². The van der Waals surface area contributed by atoms with E-state index in [1.54, 1.807) is 30.3 Å². The molecule has 2 amide bonds. The van der Waals surface area contributed by atoms with Crippen LogP contribution >= 0.6 is 11.3 Å². The van der Waals surface area contributed by atoms with E-state index in [4.69, 9.17) is 4.74 Å². The van der Waals surface area contributed by atoms with E-state index in [1.807, 2.05) is 36.4 Å². The molecule has 38 heavy (non-hydrogen) atoms. The molecule has 8 nitrogen and oxygen atoms in total. The fourth-order valence-corrected chi connectivity index (χ4v) is 5.57. The van der Waals surface area contributed by atoms with Gasteiger partial charge in [-0.2, -0.15) is 10.4 Å². The van der Waals surface area contributed by atoms with Crippen molar-refractivity contribution in [3.8, 4) is 11.8 Å². The molecule has 1 aromatic heterocycles. The van der Waals surface area contributed by atoms with Crippen LogP contribution < -0.4 is 15.5 Å². The van der Waals surface area contributed by atoms with Gasteiger partial charge in [-0.1, -0.05) is 36.4 Å². The van der Waals surface area contributed by atoms with Gasteiger partial charge in [-0.3, -0.25) is 9.59 Å². The number of hydrogen-bond acceptors (Lipinski definition) is 7. The minimum absolute atomic E-state index is 0.357. The molecule has 4 aromatic rings. The Balaban J connectivity index is 1.17. The van der Waals surface area contributed by atoms with Crippen LogP contribution in [-0.2, 0) is 22.4 Å². The first kappa shape index (κ1) is 24.9. The van der Waals surface area contributed by atoms with Crippen LogP contribution in [0.1, 0.15) is 44.8 Å². The van der Waals surface area contributed by atoms with E-state index in [0.717, 1.165) is 46.9 Å². The number of nitrogens with zero attached hydrogens (tertiary/aromatic N) is 2. The number of hydrazone groups is 1. The van der Waals surface area contributed by atoms with Crippen molar-refractivity contribution in [3.05, 3.63) is 93.9 Å². The molecule has 1 aliphatic carbocycles. The molecule has 188 valence electrons. The first-order valence-corrected chi connectivity index (χ1v) is 12.8. The number of carbonyl (C=O) groups is 3. The Bertz CT molecular complexity index is 1610. The fourth-order valence-electron chi connectivity index (χ4n) is 4.34. The highest BCUT2D eigenvalue weighted by Crippen LogP contribution is 2.37. The molecule has 1 heterocycles. The number of ether oxygens (including phenoxy) is 1. The molecule has 9 heteroatoms. The fraction of sp³-hybridized carbons (Fsp3) is 0.138. The summed E-state index contributed by atoms with van der Waals surface area (Å²) in [6.07, 6.45) is 5.11. The summed E-state index contributed by atoms with van der Waals surface area (Å²) in [6.45, 7) is 0. The van der Waals surface area contributed by atoms with E-state index < -0.39 is 17.8 Å². The summed E-state index contributed by atoms with van der Waals surface area (Å²) in [5.74, 6) is -1.95. The molecule has 3 aromatic carbocycles. The number of anilines is 1. The second kappa shape index (κ2) is 11.1. The number of aryl methyl sites for hydroxylation is 1. The van der Waals surface area contributed by atoms with Crippen molar-refractivity contribution >= 4 is 51.1 Å². The van der Waals surface area contributed by atoms with Crippen molar-refractivity contribution < 1.29 is 19.1 Å². The number of amides is 2. The van der Waals surface area contributed by atoms with Gasteiger partial charge in [0.15, 0.2) is 0 Å². The maximum absolute atomic E-state index is 12.7. The molecule has 0 spiro atoms. The van der Waals surface area contributed by atoms with Gasteiger partial charge in [0.1, 0.15) is 16.8 Å². The highest BCUT2D eigenvalue weighted by atomic mass is 32.1. The molecule has 0 aliphatic heterocycles. The van der Waals surface area contributed by atoms with Crippen molar-refractivity contribution in [3.63, 3.8) is 0 Å². The van der Waals surface area contributed by atoms with Crippen molar-refractivity contribution in [2.24, 2.45) is 5.10 Å². The van der Waals surface area contributed by atoms with Crippen molar-refractivity contribution in [1.29, 1.82) is 5.26 Å². The molecular weight excluding hydrogens is 500 g/mol. The van der Waals surface area contributed by atoms with Crippen molar-refractivity contribution in [2.45, 2.75) is 25.7 Å². The SMILES string of the molecule is N#Cc1c(NC(=O)C(=O)N/N=C/c2ccc(OC(=O)c3cccc4ccccc34)cc2)sc2c1CCCC2. The Hall–Kier alpha value is -4.81. The third-order valence-corrected chi connectivity index (χ3v) is 7.40. The van der Waals surface area contributed by atoms with Gasteiger partial charge in [-0.05, 0) is 77.9 Å². The molecule has 1 aliphatic rings. The van der Waals surface area contributed by atoms with Crippen LogP contribution in [0.2, 0.25) is 0 Å². The van der Waals surface area contributed by atoms with Gasteiger partial charge in [0.2, 0.25) is 0 Å². The van der Waals surface area contributed by atoms with E-state index in [-0.39, 0.29) is 0 Å². The molecule has 0 unspecified atom stereocenters. The number of thiophene rings is 1. The van der Waals surface area contributed by atoms with Crippen LogP contribution in [0.4, 0.5) is 5.00 Å². The van der Waals surface area contributed by atoms with Gasteiger partial charge < -0.3 is 10.1 Å². The number of fused-ring (bicyclic) bond motifs is 2. The maximum atomic E-state index is 12.7. The standard InChI is InChI=1S/C29H22N4O4S/c30-16-24-22-9-3-4-11-25(22)38-28(24)32-26(34)27(35)33-31-17-18-12-14-20(15-13-18)37-29(36)23-10-5-7-19-6-1-2-8-21(19)23/h1-2,5-8,10,12-15,17H,3-4,9,11H2,(H,32,34)(H,33,35)/b31-17+. The zero-order chi connectivity index (χ0) is 26.5. The van der Waals surface area contributed by atoms with Crippen LogP contribution in [0.3, 0.4) is 0 Å². The van der Waals surface area contributed by atoms with Crippen LogP contribution in [0.15, 0.2) is 71.8 Å². The number of carbonyl (C=O) groups excluding carboxylic acids is 3. The molecule has 2 N–H and O–H groups in total. The highest BCUT2D eigenvalue weighted by Gasteiger charge is 2.23. The van der Waals surface area contributed by atoms with Gasteiger partial charge in [0, 0.05) is 4.88 Å². The molecular formula is C29H22N4O4S. The van der Waals surface area contributed by atoms with Crippen LogP contribution in [0, 0.1) is 11.3 Å². The largest absolute Gasteiger partial charge is 0.423 e. The van der Waals surface area contributed by atoms with Crippen molar-refractivity contribution in [2.75, 3.05) is 5.32 Å². The lowest BCUT2D eigenvalue weighted by Crippen LogP contribution is -2.32. The Kier molecular flexibility index (Phi) is 7.24. The van der Waals surface area contributed by atoms with E-state index in [1.165, 1.54) is 17.6 Å².